The molecule has 2 aromatic rings. The number of nitrogens with zero attached hydrogens (tertiary/aromatic N) is 1. The molecule has 2 rings (SSSR count). The lowest BCUT2D eigenvalue weighted by molar-refractivity contribution is 0.262. The summed E-state index contributed by atoms with van der Waals surface area (Å²) < 4.78 is 14.5. The van der Waals surface area contributed by atoms with Crippen LogP contribution in [-0.2, 0) is 0 Å². The van der Waals surface area contributed by atoms with Gasteiger partial charge >= 0.3 is 6.03 Å². The highest BCUT2D eigenvalue weighted by molar-refractivity contribution is 9.11. The standard InChI is InChI=1S/C12H8Br2FN3O/c13-7-3-8(14)5-10(4-7)18-12(19)17-9-1-2-16-11(15)6-9/h1-6H,(H2,16,17,18,19). The summed E-state index contributed by atoms with van der Waals surface area (Å²) in [5, 5.41) is 5.15. The van der Waals surface area contributed by atoms with Crippen molar-refractivity contribution in [2.24, 2.45) is 0 Å². The van der Waals surface area contributed by atoms with Crippen molar-refractivity contribution in [2.75, 3.05) is 10.6 Å². The van der Waals surface area contributed by atoms with E-state index in [4.69, 9.17) is 0 Å². The van der Waals surface area contributed by atoms with Gasteiger partial charge in [0.25, 0.3) is 0 Å². The van der Waals surface area contributed by atoms with E-state index in [9.17, 15) is 9.18 Å². The molecule has 2 amide bonds. The molecule has 19 heavy (non-hydrogen) atoms. The van der Waals surface area contributed by atoms with Crippen LogP contribution in [-0.4, -0.2) is 11.0 Å². The smallest absolute Gasteiger partial charge is 0.308 e. The fraction of sp³-hybridized carbons (Fsp3) is 0. The van der Waals surface area contributed by atoms with Gasteiger partial charge in [0.1, 0.15) is 0 Å². The minimum Gasteiger partial charge on any atom is -0.308 e. The molecule has 0 aliphatic carbocycles. The van der Waals surface area contributed by atoms with Crippen molar-refractivity contribution in [2.45, 2.75) is 0 Å². The number of nitrogens with one attached hydrogen (secondary N) is 2. The lowest BCUT2D eigenvalue weighted by Crippen LogP contribution is -2.19. The largest absolute Gasteiger partial charge is 0.323 e. The molecule has 1 aromatic heterocycles. The SMILES string of the molecule is O=C(Nc1cc(Br)cc(Br)c1)Nc1ccnc(F)c1. The summed E-state index contributed by atoms with van der Waals surface area (Å²) in [7, 11) is 0. The molecule has 0 saturated carbocycles. The Kier molecular flexibility index (Phi) is 4.49. The molecular formula is C12H8Br2FN3O. The van der Waals surface area contributed by atoms with Crippen LogP contribution < -0.4 is 10.6 Å². The summed E-state index contributed by atoms with van der Waals surface area (Å²) in [5.74, 6) is -0.650. The summed E-state index contributed by atoms with van der Waals surface area (Å²) in [5.41, 5.74) is 0.937. The number of benzene rings is 1. The first-order valence-electron chi connectivity index (χ1n) is 5.18. The molecule has 0 unspecified atom stereocenters. The minimum atomic E-state index is -0.650. The fourth-order valence-electron chi connectivity index (χ4n) is 1.40. The Hall–Kier alpha value is -1.47. The molecule has 0 bridgehead atoms. The number of pyridine rings is 1. The first-order chi connectivity index (χ1) is 9.02. The van der Waals surface area contributed by atoms with E-state index in [2.05, 4.69) is 47.5 Å². The fourth-order valence-corrected chi connectivity index (χ4v) is 2.69. The van der Waals surface area contributed by atoms with E-state index in [1.54, 1.807) is 12.1 Å². The van der Waals surface area contributed by atoms with Gasteiger partial charge in [-0.1, -0.05) is 31.9 Å². The van der Waals surface area contributed by atoms with Crippen LogP contribution in [0.5, 0.6) is 0 Å². The summed E-state index contributed by atoms with van der Waals surface area (Å²) in [6, 6.07) is 7.52. The van der Waals surface area contributed by atoms with Gasteiger partial charge in [-0.3, -0.25) is 0 Å². The molecule has 7 heteroatoms. The molecule has 2 N–H and O–H groups in total. The second kappa shape index (κ2) is 6.12. The first-order valence-corrected chi connectivity index (χ1v) is 6.77. The second-order valence-corrected chi connectivity index (χ2v) is 5.44. The number of hydrogen-bond donors (Lipinski definition) is 2. The van der Waals surface area contributed by atoms with Crippen molar-refractivity contribution in [1.82, 2.24) is 4.98 Å². The van der Waals surface area contributed by atoms with E-state index in [0.717, 1.165) is 15.0 Å². The third-order valence-electron chi connectivity index (χ3n) is 2.10. The molecule has 4 nitrogen and oxygen atoms in total. The van der Waals surface area contributed by atoms with Crippen molar-refractivity contribution in [3.05, 3.63) is 51.4 Å². The van der Waals surface area contributed by atoms with Gasteiger partial charge in [-0.05, 0) is 24.3 Å². The number of anilines is 2. The Morgan fingerprint density at radius 2 is 1.68 bits per heavy atom. The Labute approximate surface area is 125 Å². The third-order valence-corrected chi connectivity index (χ3v) is 3.02. The van der Waals surface area contributed by atoms with Crippen LogP contribution in [0.1, 0.15) is 0 Å². The number of urea groups is 1. The summed E-state index contributed by atoms with van der Waals surface area (Å²) in [6.45, 7) is 0. The summed E-state index contributed by atoms with van der Waals surface area (Å²) in [4.78, 5) is 15.1. The zero-order valence-electron chi connectivity index (χ0n) is 9.45. The van der Waals surface area contributed by atoms with Gasteiger partial charge in [-0.15, -0.1) is 0 Å². The van der Waals surface area contributed by atoms with Crippen LogP contribution >= 0.6 is 31.9 Å². The zero-order valence-corrected chi connectivity index (χ0v) is 12.6. The summed E-state index contributed by atoms with van der Waals surface area (Å²) >= 11 is 6.64. The van der Waals surface area contributed by atoms with Crippen LogP contribution in [0, 0.1) is 5.95 Å². The van der Waals surface area contributed by atoms with E-state index in [1.807, 2.05) is 6.07 Å². The average molecular weight is 389 g/mol. The molecule has 1 heterocycles. The molecule has 0 fully saturated rings. The van der Waals surface area contributed by atoms with Crippen LogP contribution in [0.25, 0.3) is 0 Å². The maximum Gasteiger partial charge on any atom is 0.323 e. The number of halogens is 3. The lowest BCUT2D eigenvalue weighted by atomic mass is 10.3. The van der Waals surface area contributed by atoms with Gasteiger partial charge in [-0.25, -0.2) is 9.78 Å². The Morgan fingerprint density at radius 3 is 2.32 bits per heavy atom. The van der Waals surface area contributed by atoms with Crippen LogP contribution in [0.4, 0.5) is 20.6 Å². The minimum absolute atomic E-state index is 0.332. The molecule has 1 aromatic carbocycles. The van der Waals surface area contributed by atoms with Crippen molar-refractivity contribution in [3.8, 4) is 0 Å². The number of amides is 2. The zero-order chi connectivity index (χ0) is 13.8. The van der Waals surface area contributed by atoms with Crippen molar-refractivity contribution in [3.63, 3.8) is 0 Å². The number of rotatable bonds is 2. The topological polar surface area (TPSA) is 54.0 Å². The maximum absolute atomic E-state index is 12.9. The summed E-state index contributed by atoms with van der Waals surface area (Å²) in [6.07, 6.45) is 1.28. The predicted octanol–water partition coefficient (Wildman–Crippen LogP) is 4.39. The molecule has 0 aliphatic rings. The molecule has 0 aliphatic heterocycles. The molecule has 0 spiro atoms. The third kappa shape index (κ3) is 4.29. The van der Waals surface area contributed by atoms with Crippen molar-refractivity contribution >= 4 is 49.3 Å². The van der Waals surface area contributed by atoms with Crippen molar-refractivity contribution in [1.29, 1.82) is 0 Å². The molecular weight excluding hydrogens is 381 g/mol. The highest BCUT2D eigenvalue weighted by Gasteiger charge is 2.05. The van der Waals surface area contributed by atoms with E-state index in [0.29, 0.717) is 11.4 Å². The number of hydrogen-bond acceptors (Lipinski definition) is 2. The molecule has 0 radical (unpaired) electrons. The number of carbonyl (C=O) groups excluding carboxylic acids is 1. The van der Waals surface area contributed by atoms with Crippen LogP contribution in [0.2, 0.25) is 0 Å². The van der Waals surface area contributed by atoms with Gasteiger partial charge in [0, 0.05) is 32.6 Å². The lowest BCUT2D eigenvalue weighted by Gasteiger charge is -2.08. The van der Waals surface area contributed by atoms with Gasteiger partial charge in [0.05, 0.1) is 0 Å². The van der Waals surface area contributed by atoms with Gasteiger partial charge < -0.3 is 10.6 Å². The average Bonchev–Trinajstić information content (AvgIpc) is 2.26. The highest BCUT2D eigenvalue weighted by Crippen LogP contribution is 2.23. The Bertz CT molecular complexity index is 601. The van der Waals surface area contributed by atoms with Gasteiger partial charge in [-0.2, -0.15) is 4.39 Å². The monoisotopic (exact) mass is 387 g/mol. The quantitative estimate of drug-likeness (QED) is 0.749. The Morgan fingerprint density at radius 1 is 1.05 bits per heavy atom. The van der Waals surface area contributed by atoms with E-state index in [1.165, 1.54) is 12.3 Å². The van der Waals surface area contributed by atoms with E-state index < -0.39 is 12.0 Å². The second-order valence-electron chi connectivity index (χ2n) is 3.60. The predicted molar refractivity (Wildman–Crippen MR) is 78.7 cm³/mol. The van der Waals surface area contributed by atoms with E-state index >= 15 is 0 Å². The molecule has 0 atom stereocenters. The van der Waals surface area contributed by atoms with E-state index in [-0.39, 0.29) is 0 Å². The number of aromatic nitrogens is 1. The maximum atomic E-state index is 12.9. The normalized spacial score (nSPS) is 10.1. The Balaban J connectivity index is 2.05. The van der Waals surface area contributed by atoms with Crippen LogP contribution in [0.15, 0.2) is 45.5 Å². The van der Waals surface area contributed by atoms with Gasteiger partial charge in [0.15, 0.2) is 0 Å². The number of carbonyl (C=O) groups is 1. The highest BCUT2D eigenvalue weighted by atomic mass is 79.9. The van der Waals surface area contributed by atoms with Crippen LogP contribution in [0.3, 0.4) is 0 Å². The molecule has 0 saturated heterocycles. The first kappa shape index (κ1) is 14.0. The van der Waals surface area contributed by atoms with Crippen molar-refractivity contribution < 1.29 is 9.18 Å². The molecule has 98 valence electrons. The van der Waals surface area contributed by atoms with Gasteiger partial charge in [0.2, 0.25) is 5.95 Å².